The third kappa shape index (κ3) is 46.7. The molecule has 1 heterocycles. The predicted molar refractivity (Wildman–Crippen MR) is 332 cm³/mol. The Kier molecular flexibility index (Phi) is 55.5. The summed E-state index contributed by atoms with van der Waals surface area (Å²) in [4.78, 5) is 13.1. The molecule has 0 aromatic heterocycles. The maximum Gasteiger partial charge on any atom is 0.220 e. The lowest BCUT2D eigenvalue weighted by molar-refractivity contribution is -0.302. The van der Waals surface area contributed by atoms with Crippen molar-refractivity contribution in [2.75, 3.05) is 13.2 Å². The molecule has 1 rings (SSSR count). The molecule has 1 aliphatic heterocycles. The number of hydrogen-bond acceptors (Lipinski definition) is 8. The first-order valence-electron chi connectivity index (χ1n) is 33.8. The Hall–Kier alpha value is -1.85. The van der Waals surface area contributed by atoms with Gasteiger partial charge in [-0.05, 0) is 51.4 Å². The van der Waals surface area contributed by atoms with Crippen LogP contribution in [-0.2, 0) is 14.3 Å². The number of amides is 1. The fraction of sp³-hybridized carbons (Fsp3) is 0.870. The van der Waals surface area contributed by atoms with E-state index in [1.165, 1.54) is 238 Å². The van der Waals surface area contributed by atoms with Crippen molar-refractivity contribution >= 4 is 5.91 Å². The molecule has 1 amide bonds. The van der Waals surface area contributed by atoms with Gasteiger partial charge in [-0.3, -0.25) is 4.79 Å². The topological polar surface area (TPSA) is 149 Å². The number of ether oxygens (including phenoxy) is 2. The molecule has 78 heavy (non-hydrogen) atoms. The second kappa shape index (κ2) is 58.4. The first kappa shape index (κ1) is 74.2. The van der Waals surface area contributed by atoms with Crippen LogP contribution in [0.4, 0.5) is 0 Å². The van der Waals surface area contributed by atoms with E-state index in [0.29, 0.717) is 12.8 Å². The summed E-state index contributed by atoms with van der Waals surface area (Å²) in [5.74, 6) is -0.138. The highest BCUT2D eigenvalue weighted by Gasteiger charge is 2.44. The van der Waals surface area contributed by atoms with Crippen molar-refractivity contribution in [1.82, 2.24) is 5.32 Å². The van der Waals surface area contributed by atoms with Crippen LogP contribution in [0.15, 0.2) is 48.6 Å². The van der Waals surface area contributed by atoms with Gasteiger partial charge in [-0.1, -0.05) is 319 Å². The van der Waals surface area contributed by atoms with Crippen LogP contribution < -0.4 is 5.32 Å². The number of aliphatic hydroxyl groups excluding tert-OH is 5. The van der Waals surface area contributed by atoms with E-state index in [9.17, 15) is 30.3 Å². The maximum absolute atomic E-state index is 13.1. The van der Waals surface area contributed by atoms with E-state index < -0.39 is 49.5 Å². The van der Waals surface area contributed by atoms with Crippen LogP contribution in [-0.4, -0.2) is 87.5 Å². The number of allylic oxidation sites excluding steroid dienone is 8. The van der Waals surface area contributed by atoms with Crippen LogP contribution in [0.25, 0.3) is 0 Å². The largest absolute Gasteiger partial charge is 0.394 e. The van der Waals surface area contributed by atoms with Gasteiger partial charge in [0.2, 0.25) is 5.91 Å². The molecule has 0 bridgehead atoms. The van der Waals surface area contributed by atoms with Gasteiger partial charge in [-0.15, -0.1) is 0 Å². The Balaban J connectivity index is 2.03. The van der Waals surface area contributed by atoms with Crippen LogP contribution >= 0.6 is 0 Å². The molecule has 1 fully saturated rings. The molecular weight excluding hydrogens is 971 g/mol. The molecule has 7 atom stereocenters. The number of nitrogens with one attached hydrogen (secondary N) is 1. The zero-order valence-electron chi connectivity index (χ0n) is 51.2. The third-order valence-electron chi connectivity index (χ3n) is 16.2. The zero-order chi connectivity index (χ0) is 56.5. The molecule has 458 valence electrons. The summed E-state index contributed by atoms with van der Waals surface area (Å²) >= 11 is 0. The number of hydrogen-bond donors (Lipinski definition) is 6. The van der Waals surface area contributed by atoms with E-state index in [1.54, 1.807) is 0 Å². The van der Waals surface area contributed by atoms with E-state index in [-0.39, 0.29) is 12.5 Å². The standard InChI is InChI=1S/C69H129NO8/c1-3-5-7-9-11-13-15-17-19-21-22-23-24-25-26-27-28-29-30-31-32-33-34-35-36-37-38-39-40-41-42-43-45-47-49-51-53-55-57-59-65(73)70-62(61-77-69-68(76)67(75)66(74)64(60-71)78-69)63(72)58-56-54-52-50-48-46-44-20-18-16-14-12-10-8-6-4-2/h5,7,11,13,17,19,22-23,62-64,66-69,71-72,74-76H,3-4,6,8-10,12,14-16,18,20-21,24-61H2,1-2H3,(H,70,73)/b7-5-,13-11-,19-17-,23-22-. The summed E-state index contributed by atoms with van der Waals surface area (Å²) in [5.41, 5.74) is 0. The van der Waals surface area contributed by atoms with E-state index in [2.05, 4.69) is 67.8 Å². The lowest BCUT2D eigenvalue weighted by Crippen LogP contribution is -2.60. The van der Waals surface area contributed by atoms with Gasteiger partial charge >= 0.3 is 0 Å². The van der Waals surface area contributed by atoms with Crippen molar-refractivity contribution in [1.29, 1.82) is 0 Å². The summed E-state index contributed by atoms with van der Waals surface area (Å²) < 4.78 is 11.3. The van der Waals surface area contributed by atoms with Crippen molar-refractivity contribution in [3.8, 4) is 0 Å². The maximum atomic E-state index is 13.1. The SMILES string of the molecule is CC/C=C\C/C=C\C/C=C\C/C=C\CCCCCCCCCCCCCCCCCCCCCCCCCCCCC(=O)NC(COC1OC(CO)C(O)C(O)C1O)C(O)CCCCCCCCCCCCCCCCCC. The molecule has 0 spiro atoms. The number of aliphatic hydroxyl groups is 5. The number of rotatable bonds is 59. The van der Waals surface area contributed by atoms with Gasteiger partial charge in [0, 0.05) is 6.42 Å². The van der Waals surface area contributed by atoms with Crippen molar-refractivity contribution < 1.29 is 39.8 Å². The summed E-state index contributed by atoms with van der Waals surface area (Å²) in [6.07, 6.45) is 71.9. The Bertz CT molecular complexity index is 1370. The summed E-state index contributed by atoms with van der Waals surface area (Å²) in [5, 5.41) is 54.8. The third-order valence-corrected chi connectivity index (χ3v) is 16.2. The molecule has 9 heteroatoms. The van der Waals surface area contributed by atoms with Crippen LogP contribution in [0.1, 0.15) is 328 Å². The van der Waals surface area contributed by atoms with Crippen LogP contribution in [0.3, 0.4) is 0 Å². The molecule has 0 aliphatic carbocycles. The molecule has 7 unspecified atom stereocenters. The van der Waals surface area contributed by atoms with E-state index >= 15 is 0 Å². The van der Waals surface area contributed by atoms with Crippen LogP contribution in [0, 0.1) is 0 Å². The average Bonchev–Trinajstić information content (AvgIpc) is 3.45. The number of carbonyl (C=O) groups is 1. The smallest absolute Gasteiger partial charge is 0.220 e. The molecule has 0 saturated carbocycles. The van der Waals surface area contributed by atoms with Crippen LogP contribution in [0.5, 0.6) is 0 Å². The lowest BCUT2D eigenvalue weighted by atomic mass is 9.99. The zero-order valence-corrected chi connectivity index (χ0v) is 51.2. The molecule has 1 aliphatic rings. The highest BCUT2D eigenvalue weighted by Crippen LogP contribution is 2.24. The minimum atomic E-state index is -1.55. The molecule has 0 radical (unpaired) electrons. The highest BCUT2D eigenvalue weighted by atomic mass is 16.7. The van der Waals surface area contributed by atoms with Gasteiger partial charge in [-0.25, -0.2) is 0 Å². The number of unbranched alkanes of at least 4 members (excludes halogenated alkanes) is 41. The highest BCUT2D eigenvalue weighted by molar-refractivity contribution is 5.76. The summed E-state index contributed by atoms with van der Waals surface area (Å²) in [6, 6.07) is -0.717. The quantitative estimate of drug-likeness (QED) is 0.0261. The fourth-order valence-corrected chi connectivity index (χ4v) is 10.9. The molecule has 6 N–H and O–H groups in total. The summed E-state index contributed by atoms with van der Waals surface area (Å²) in [7, 11) is 0. The Labute approximate surface area is 482 Å². The first-order chi connectivity index (χ1) is 38.3. The first-order valence-corrected chi connectivity index (χ1v) is 33.8. The average molecular weight is 1100 g/mol. The van der Waals surface area contributed by atoms with Gasteiger partial charge in [0.25, 0.3) is 0 Å². The second-order valence-corrected chi connectivity index (χ2v) is 23.6. The van der Waals surface area contributed by atoms with Gasteiger partial charge < -0.3 is 40.3 Å². The molecule has 9 nitrogen and oxygen atoms in total. The molecular formula is C69H129NO8. The van der Waals surface area contributed by atoms with Gasteiger partial charge in [0.05, 0.1) is 25.4 Å². The Morgan fingerprint density at radius 3 is 1.18 bits per heavy atom. The van der Waals surface area contributed by atoms with Crippen molar-refractivity contribution in [3.05, 3.63) is 48.6 Å². The van der Waals surface area contributed by atoms with E-state index in [0.717, 1.165) is 64.2 Å². The van der Waals surface area contributed by atoms with Crippen molar-refractivity contribution in [2.24, 2.45) is 0 Å². The fourth-order valence-electron chi connectivity index (χ4n) is 10.9. The number of carbonyl (C=O) groups excluding carboxylic acids is 1. The Morgan fingerprint density at radius 2 is 0.795 bits per heavy atom. The summed E-state index contributed by atoms with van der Waals surface area (Å²) in [6.45, 7) is 3.76. The molecule has 0 aromatic rings. The van der Waals surface area contributed by atoms with Gasteiger partial charge in [-0.2, -0.15) is 0 Å². The molecule has 0 aromatic carbocycles. The minimum absolute atomic E-state index is 0.134. The van der Waals surface area contributed by atoms with Gasteiger partial charge in [0.1, 0.15) is 24.4 Å². The lowest BCUT2D eigenvalue weighted by Gasteiger charge is -2.40. The second-order valence-electron chi connectivity index (χ2n) is 23.6. The van der Waals surface area contributed by atoms with Crippen LogP contribution in [0.2, 0.25) is 0 Å². The normalized spacial score (nSPS) is 18.9. The van der Waals surface area contributed by atoms with Crippen molar-refractivity contribution in [2.45, 2.75) is 371 Å². The van der Waals surface area contributed by atoms with Gasteiger partial charge in [0.15, 0.2) is 6.29 Å². The molecule has 1 saturated heterocycles. The van der Waals surface area contributed by atoms with E-state index in [4.69, 9.17) is 9.47 Å². The Morgan fingerprint density at radius 1 is 0.449 bits per heavy atom. The minimum Gasteiger partial charge on any atom is -0.394 e. The predicted octanol–water partition coefficient (Wildman–Crippen LogP) is 18.0. The van der Waals surface area contributed by atoms with Crippen molar-refractivity contribution in [3.63, 3.8) is 0 Å². The van der Waals surface area contributed by atoms with E-state index in [1.807, 2.05) is 0 Å². The monoisotopic (exact) mass is 1100 g/mol.